The Morgan fingerprint density at radius 3 is 0.738 bits per heavy atom. The van der Waals surface area contributed by atoms with E-state index in [1.54, 1.807) is 18.2 Å². The first kappa shape index (κ1) is 76.0. The standard InChI is InChI=1S/C75H142N2O3/c1-4-7-10-13-15-17-19-21-23-25-27-29-31-33-35-37-39-41-43-45-47-49-51-53-55-57-59-62-67-76-74(78)71-65-66-72(73(70-71)80-69-64-61-12-9-6-3)75(79)77-68-63-60-58-56-54-52-50-48-46-44-42-40-38-36-34-32-30-28-26-24-22-20-18-16-14-11-8-5-2/h65-66,70H,4-64,67-69H2,1-3H3,(H,76,78)(H,77,79). The molecule has 2 N–H and O–H groups in total. The number of nitrogens with one attached hydrogen (secondary N) is 2. The van der Waals surface area contributed by atoms with Crippen LogP contribution in [0.3, 0.4) is 0 Å². The van der Waals surface area contributed by atoms with Gasteiger partial charge in [-0.1, -0.05) is 393 Å². The summed E-state index contributed by atoms with van der Waals surface area (Å²) < 4.78 is 6.22. The van der Waals surface area contributed by atoms with E-state index in [4.69, 9.17) is 4.74 Å². The Hall–Kier alpha value is -2.04. The van der Waals surface area contributed by atoms with E-state index in [0.717, 1.165) is 38.5 Å². The van der Waals surface area contributed by atoms with Crippen LogP contribution < -0.4 is 15.4 Å². The van der Waals surface area contributed by atoms with Gasteiger partial charge in [-0.15, -0.1) is 0 Å². The molecular weight excluding hydrogens is 977 g/mol. The third-order valence-electron chi connectivity index (χ3n) is 17.6. The second-order valence-electron chi connectivity index (χ2n) is 25.6. The zero-order valence-electron chi connectivity index (χ0n) is 54.7. The molecule has 0 unspecified atom stereocenters. The van der Waals surface area contributed by atoms with Crippen molar-refractivity contribution in [2.24, 2.45) is 0 Å². The summed E-state index contributed by atoms with van der Waals surface area (Å²) in [5.74, 6) is 0.358. The molecule has 0 radical (unpaired) electrons. The largest absolute Gasteiger partial charge is 0.493 e. The van der Waals surface area contributed by atoms with Crippen molar-refractivity contribution in [1.82, 2.24) is 10.6 Å². The quantitative estimate of drug-likeness (QED) is 0.0639. The summed E-state index contributed by atoms with van der Waals surface area (Å²) in [5.41, 5.74) is 1.11. The zero-order valence-corrected chi connectivity index (χ0v) is 54.7. The number of ether oxygens (including phenoxy) is 1. The first-order valence-electron chi connectivity index (χ1n) is 37.0. The van der Waals surface area contributed by atoms with Crippen molar-refractivity contribution >= 4 is 11.8 Å². The Balaban J connectivity index is 2.05. The number of rotatable bonds is 67. The molecule has 5 nitrogen and oxygen atoms in total. The van der Waals surface area contributed by atoms with Gasteiger partial charge >= 0.3 is 0 Å². The second-order valence-corrected chi connectivity index (χ2v) is 25.6. The lowest BCUT2D eigenvalue weighted by Gasteiger charge is -2.14. The summed E-state index contributed by atoms with van der Waals surface area (Å²) in [4.78, 5) is 26.6. The lowest BCUT2D eigenvalue weighted by atomic mass is 10.0. The van der Waals surface area contributed by atoms with Crippen LogP contribution in [0.1, 0.15) is 433 Å². The highest BCUT2D eigenvalue weighted by Gasteiger charge is 2.16. The molecule has 1 rings (SSSR count). The van der Waals surface area contributed by atoms with Crippen LogP contribution in [0.2, 0.25) is 0 Å². The summed E-state index contributed by atoms with van der Waals surface area (Å²) in [6.45, 7) is 8.77. The number of hydrogen-bond acceptors (Lipinski definition) is 3. The molecule has 0 spiro atoms. The second kappa shape index (κ2) is 64.5. The molecule has 2 amide bonds. The molecule has 0 saturated heterocycles. The molecule has 0 aromatic heterocycles. The molecule has 0 bridgehead atoms. The fourth-order valence-corrected chi connectivity index (χ4v) is 12.0. The van der Waals surface area contributed by atoms with Crippen LogP contribution in [0.4, 0.5) is 0 Å². The SMILES string of the molecule is CCCCCCCCCCCCCCCCCCCCCCCCCCCCCCNC(=O)c1ccc(C(=O)NCCCCCCCCCCCCCCCCCCCCCCCCCCCCCC)c(OCCCCCCC)c1. The van der Waals surface area contributed by atoms with Crippen LogP contribution in [-0.4, -0.2) is 31.5 Å². The van der Waals surface area contributed by atoms with E-state index in [1.807, 2.05) is 0 Å². The molecular formula is C75H142N2O3. The minimum absolute atomic E-state index is 0.0781. The highest BCUT2D eigenvalue weighted by molar-refractivity contribution is 6.00. The van der Waals surface area contributed by atoms with E-state index in [2.05, 4.69) is 31.4 Å². The lowest BCUT2D eigenvalue weighted by molar-refractivity contribution is 0.0937. The van der Waals surface area contributed by atoms with E-state index in [0.29, 0.717) is 36.6 Å². The lowest BCUT2D eigenvalue weighted by Crippen LogP contribution is -2.26. The van der Waals surface area contributed by atoms with E-state index >= 15 is 0 Å². The maximum Gasteiger partial charge on any atom is 0.255 e. The van der Waals surface area contributed by atoms with E-state index < -0.39 is 0 Å². The number of unbranched alkanes of at least 4 members (excludes halogenated alkanes) is 58. The van der Waals surface area contributed by atoms with Gasteiger partial charge in [-0.3, -0.25) is 9.59 Å². The molecule has 1 aromatic rings. The minimum atomic E-state index is -0.0983. The van der Waals surface area contributed by atoms with Crippen molar-refractivity contribution in [1.29, 1.82) is 0 Å². The van der Waals surface area contributed by atoms with Crippen LogP contribution in [0.25, 0.3) is 0 Å². The van der Waals surface area contributed by atoms with E-state index in [9.17, 15) is 9.59 Å². The Morgan fingerprint density at radius 2 is 0.487 bits per heavy atom. The smallest absolute Gasteiger partial charge is 0.255 e. The monoisotopic (exact) mass is 1120 g/mol. The van der Waals surface area contributed by atoms with E-state index in [1.165, 1.54) is 353 Å². The number of carbonyl (C=O) groups excluding carboxylic acids is 2. The Labute approximate surface area is 501 Å². The third kappa shape index (κ3) is 53.9. The number of benzene rings is 1. The van der Waals surface area contributed by atoms with Crippen molar-refractivity contribution < 1.29 is 14.3 Å². The predicted octanol–water partition coefficient (Wildman–Crippen LogP) is 25.4. The molecule has 0 heterocycles. The fourth-order valence-electron chi connectivity index (χ4n) is 12.0. The summed E-state index contributed by atoms with van der Waals surface area (Å²) in [6, 6.07) is 5.38. The fraction of sp³-hybridized carbons (Fsp3) is 0.893. The van der Waals surface area contributed by atoms with Gasteiger partial charge in [0.15, 0.2) is 0 Å². The first-order valence-corrected chi connectivity index (χ1v) is 37.0. The average Bonchev–Trinajstić information content (AvgIpc) is 3.47. The summed E-state index contributed by atoms with van der Waals surface area (Å²) >= 11 is 0. The Bertz CT molecular complexity index is 1400. The van der Waals surface area contributed by atoms with Gasteiger partial charge in [0.1, 0.15) is 5.75 Å². The third-order valence-corrected chi connectivity index (χ3v) is 17.6. The normalized spacial score (nSPS) is 11.5. The topological polar surface area (TPSA) is 67.4 Å². The summed E-state index contributed by atoms with van der Waals surface area (Å²) in [5, 5.41) is 6.30. The molecule has 0 aliphatic rings. The maximum absolute atomic E-state index is 13.4. The average molecular weight is 1120 g/mol. The van der Waals surface area contributed by atoms with Gasteiger partial charge in [-0.05, 0) is 37.5 Å². The van der Waals surface area contributed by atoms with Gasteiger partial charge in [0.25, 0.3) is 11.8 Å². The minimum Gasteiger partial charge on any atom is -0.493 e. The van der Waals surface area contributed by atoms with Crippen molar-refractivity contribution in [2.45, 2.75) is 412 Å². The molecule has 0 atom stereocenters. The van der Waals surface area contributed by atoms with Gasteiger partial charge in [0.05, 0.1) is 12.2 Å². The highest BCUT2D eigenvalue weighted by atomic mass is 16.5. The maximum atomic E-state index is 13.4. The molecule has 80 heavy (non-hydrogen) atoms. The van der Waals surface area contributed by atoms with Gasteiger partial charge in [-0.25, -0.2) is 0 Å². The first-order chi connectivity index (χ1) is 39.6. The van der Waals surface area contributed by atoms with Gasteiger partial charge < -0.3 is 15.4 Å². The van der Waals surface area contributed by atoms with Crippen LogP contribution in [0.5, 0.6) is 5.75 Å². The van der Waals surface area contributed by atoms with Crippen molar-refractivity contribution in [3.63, 3.8) is 0 Å². The van der Waals surface area contributed by atoms with Gasteiger partial charge in [-0.2, -0.15) is 0 Å². The molecule has 470 valence electrons. The molecule has 0 aliphatic heterocycles. The van der Waals surface area contributed by atoms with E-state index in [-0.39, 0.29) is 11.8 Å². The Kier molecular flexibility index (Phi) is 61.3. The number of carbonyl (C=O) groups is 2. The highest BCUT2D eigenvalue weighted by Crippen LogP contribution is 2.23. The van der Waals surface area contributed by atoms with Gasteiger partial charge in [0.2, 0.25) is 0 Å². The van der Waals surface area contributed by atoms with Crippen LogP contribution in [0, 0.1) is 0 Å². The summed E-state index contributed by atoms with van der Waals surface area (Å²) in [6.07, 6.45) is 84.1. The van der Waals surface area contributed by atoms with Crippen LogP contribution >= 0.6 is 0 Å². The summed E-state index contributed by atoms with van der Waals surface area (Å²) in [7, 11) is 0. The van der Waals surface area contributed by atoms with Gasteiger partial charge in [0, 0.05) is 18.7 Å². The van der Waals surface area contributed by atoms with Crippen molar-refractivity contribution in [2.75, 3.05) is 19.7 Å². The van der Waals surface area contributed by atoms with Crippen LogP contribution in [-0.2, 0) is 0 Å². The zero-order chi connectivity index (χ0) is 57.4. The molecule has 0 aliphatic carbocycles. The number of hydrogen-bond donors (Lipinski definition) is 2. The van der Waals surface area contributed by atoms with Crippen molar-refractivity contribution in [3.05, 3.63) is 29.3 Å². The Morgan fingerprint density at radius 1 is 0.275 bits per heavy atom. The van der Waals surface area contributed by atoms with Crippen LogP contribution in [0.15, 0.2) is 18.2 Å². The predicted molar refractivity (Wildman–Crippen MR) is 355 cm³/mol. The molecule has 0 saturated carbocycles. The number of amides is 2. The van der Waals surface area contributed by atoms with Crippen molar-refractivity contribution in [3.8, 4) is 5.75 Å². The molecule has 5 heteroatoms. The molecule has 1 aromatic carbocycles. The molecule has 0 fully saturated rings.